The lowest BCUT2D eigenvalue weighted by Crippen LogP contribution is -2.41. The van der Waals surface area contributed by atoms with Crippen LogP contribution in [0.2, 0.25) is 0 Å². The van der Waals surface area contributed by atoms with E-state index in [-0.39, 0.29) is 53.2 Å². The first-order chi connectivity index (χ1) is 25.3. The Bertz CT molecular complexity index is 2320. The molecule has 1 aliphatic carbocycles. The lowest BCUT2D eigenvalue weighted by Gasteiger charge is -2.36. The number of sulfonamides is 1. The molecule has 5 aromatic rings. The average molecular weight is 715 g/mol. The van der Waals surface area contributed by atoms with Crippen LogP contribution in [0, 0.1) is 0 Å². The number of rotatable bonds is 8. The van der Waals surface area contributed by atoms with Crippen LogP contribution in [0.3, 0.4) is 0 Å². The predicted octanol–water partition coefficient (Wildman–Crippen LogP) is 5.48. The highest BCUT2D eigenvalue weighted by Gasteiger charge is 2.73. The van der Waals surface area contributed by atoms with E-state index >= 15 is 4.79 Å². The van der Waals surface area contributed by atoms with Gasteiger partial charge in [0.1, 0.15) is 5.75 Å². The summed E-state index contributed by atoms with van der Waals surface area (Å²) in [6.45, 7) is -0.332. The van der Waals surface area contributed by atoms with Gasteiger partial charge in [-0.25, -0.2) is 13.2 Å². The van der Waals surface area contributed by atoms with E-state index in [1.54, 1.807) is 18.2 Å². The number of anilines is 1. The normalized spacial score (nSPS) is 23.4. The summed E-state index contributed by atoms with van der Waals surface area (Å²) in [5, 5.41) is 0. The first-order valence-electron chi connectivity index (χ1n) is 17.0. The van der Waals surface area contributed by atoms with Gasteiger partial charge in [-0.1, -0.05) is 97.1 Å². The number of epoxide rings is 1. The highest BCUT2D eigenvalue weighted by atomic mass is 32.2. The van der Waals surface area contributed by atoms with E-state index in [1.165, 1.54) is 42.8 Å². The lowest BCUT2D eigenvalue weighted by molar-refractivity contribution is -0.125. The molecule has 11 heteroatoms. The Kier molecular flexibility index (Phi) is 7.43. The molecule has 2 fully saturated rings. The van der Waals surface area contributed by atoms with E-state index in [0.717, 1.165) is 27.8 Å². The van der Waals surface area contributed by atoms with Crippen molar-refractivity contribution >= 4 is 27.5 Å². The zero-order valence-corrected chi connectivity index (χ0v) is 29.2. The summed E-state index contributed by atoms with van der Waals surface area (Å²) in [5.41, 5.74) is 2.92. The molecule has 0 N–H and O–H groups in total. The zero-order valence-electron chi connectivity index (χ0n) is 28.4. The second-order valence-electron chi connectivity index (χ2n) is 13.3. The summed E-state index contributed by atoms with van der Waals surface area (Å²) in [7, 11) is -1.61. The fraction of sp³-hybridized carbons (Fsp3) is 0.220. The van der Waals surface area contributed by atoms with Crippen molar-refractivity contribution in [3.05, 3.63) is 149 Å². The van der Waals surface area contributed by atoms with Crippen LogP contribution >= 0.6 is 0 Å². The van der Waals surface area contributed by atoms with E-state index in [9.17, 15) is 13.2 Å². The Morgan fingerprint density at radius 2 is 1.44 bits per heavy atom. The third-order valence-electron chi connectivity index (χ3n) is 10.7. The summed E-state index contributed by atoms with van der Waals surface area (Å²) in [6.07, 6.45) is 0. The molecular weight excluding hydrogens is 681 g/mol. The van der Waals surface area contributed by atoms with Crippen LogP contribution in [-0.2, 0) is 40.2 Å². The van der Waals surface area contributed by atoms with Crippen molar-refractivity contribution in [3.8, 4) is 16.9 Å². The molecule has 262 valence electrons. The summed E-state index contributed by atoms with van der Waals surface area (Å²) >= 11 is 0. The largest absolute Gasteiger partial charge is 0.467 e. The molecule has 0 saturated carbocycles. The van der Waals surface area contributed by atoms with E-state index in [1.807, 2.05) is 42.5 Å². The molecule has 9 rings (SSSR count). The molecule has 3 aliphatic heterocycles. The van der Waals surface area contributed by atoms with Crippen LogP contribution in [0.5, 0.6) is 5.75 Å². The van der Waals surface area contributed by atoms with Crippen LogP contribution in [-0.4, -0.2) is 71.3 Å². The Morgan fingerprint density at radius 3 is 2.04 bits per heavy atom. The predicted molar refractivity (Wildman–Crippen MR) is 192 cm³/mol. The number of methoxy groups -OCH3 is 2. The maximum absolute atomic E-state index is 15.3. The van der Waals surface area contributed by atoms with Gasteiger partial charge in [-0.3, -0.25) is 14.0 Å². The van der Waals surface area contributed by atoms with Gasteiger partial charge in [0.05, 0.1) is 59.6 Å². The molecule has 3 heterocycles. The first-order valence-corrected chi connectivity index (χ1v) is 18.4. The molecule has 0 amide bonds. The van der Waals surface area contributed by atoms with Crippen LogP contribution < -0.4 is 9.04 Å². The van der Waals surface area contributed by atoms with E-state index < -0.39 is 39.2 Å². The molecular formula is C41H34N2O8S. The number of ether oxygens (including phenoxy) is 4. The van der Waals surface area contributed by atoms with Crippen LogP contribution in [0.4, 0.5) is 5.69 Å². The van der Waals surface area contributed by atoms with Crippen molar-refractivity contribution in [2.75, 3.05) is 38.5 Å². The first kappa shape index (κ1) is 32.6. The highest BCUT2D eigenvalue weighted by molar-refractivity contribution is 7.92. The fourth-order valence-electron chi connectivity index (χ4n) is 8.47. The quantitative estimate of drug-likeness (QED) is 0.117. The van der Waals surface area contributed by atoms with Crippen LogP contribution in [0.25, 0.3) is 11.1 Å². The molecule has 1 unspecified atom stereocenters. The van der Waals surface area contributed by atoms with Gasteiger partial charge in [-0.2, -0.15) is 0 Å². The number of fused-ring (bicyclic) bond motifs is 6. The topological polar surface area (TPSA) is 115 Å². The molecule has 2 saturated heterocycles. The molecule has 5 aromatic carbocycles. The minimum Gasteiger partial charge on any atom is -0.467 e. The second kappa shape index (κ2) is 11.9. The van der Waals surface area contributed by atoms with Gasteiger partial charge in [0, 0.05) is 7.11 Å². The van der Waals surface area contributed by atoms with Crippen LogP contribution in [0.1, 0.15) is 32.6 Å². The minimum absolute atomic E-state index is 0.00153. The molecule has 0 radical (unpaired) electrons. The van der Waals surface area contributed by atoms with Gasteiger partial charge in [0.25, 0.3) is 10.0 Å². The minimum atomic E-state index is -4.30. The molecule has 0 aromatic heterocycles. The molecule has 4 aliphatic rings. The molecule has 1 spiro atoms. The highest BCUT2D eigenvalue weighted by Crippen LogP contribution is 2.63. The number of Topliss-reactive ketones (excluding diaryl/α,β-unsaturated/α-hetero) is 1. The Balaban J connectivity index is 1.32. The number of nitrogens with zero attached hydrogens (tertiary/aromatic N) is 2. The van der Waals surface area contributed by atoms with Gasteiger partial charge in [0.2, 0.25) is 0 Å². The lowest BCUT2D eigenvalue weighted by atomic mass is 9.80. The SMILES string of the molecule is COCOc1cc(C(=O)OC)cc2c1[C@]1(CO1)C(=O)[C@@H]1[C@H](CN2S(=O)(=O)c2ccccc2)N1C1(c2ccccc2)c2ccccc2-c2ccccc21. The third kappa shape index (κ3) is 4.49. The number of hydrogen-bond donors (Lipinski definition) is 0. The van der Waals surface area contributed by atoms with Gasteiger partial charge < -0.3 is 18.9 Å². The number of hydrogen-bond acceptors (Lipinski definition) is 9. The number of carbonyl (C=O) groups excluding carboxylic acids is 2. The fourth-order valence-corrected chi connectivity index (χ4v) is 9.97. The van der Waals surface area contributed by atoms with Crippen molar-refractivity contribution < 1.29 is 37.0 Å². The standard InChI is InChI=1S/C41H34N2O8S/c1-48-25-50-35-22-26(39(45)49-2)21-33-36(35)40(24-51-40)38(44)37-34(23-42(33)52(46,47)28-15-7-4-8-16-28)43(37)41(27-13-5-3-6-14-27)31-19-11-9-17-29(31)30-18-10-12-20-32(30)41/h3-22,34,37H,23-25H2,1-2H3/t34-,37-,40+,43?/m0/s1. The number of ketones is 1. The van der Waals surface area contributed by atoms with Crippen molar-refractivity contribution in [2.45, 2.75) is 28.1 Å². The maximum atomic E-state index is 15.3. The number of carbonyl (C=O) groups is 2. The van der Waals surface area contributed by atoms with Gasteiger partial charge in [-0.05, 0) is 52.1 Å². The average Bonchev–Trinajstić information content (AvgIpc) is 4.11. The number of benzene rings is 5. The van der Waals surface area contributed by atoms with E-state index in [2.05, 4.69) is 41.3 Å². The van der Waals surface area contributed by atoms with Crippen molar-refractivity contribution in [3.63, 3.8) is 0 Å². The zero-order chi connectivity index (χ0) is 35.8. The van der Waals surface area contributed by atoms with E-state index in [0.29, 0.717) is 0 Å². The van der Waals surface area contributed by atoms with Crippen molar-refractivity contribution in [1.82, 2.24) is 4.90 Å². The summed E-state index contributed by atoms with van der Waals surface area (Å²) < 4.78 is 53.7. The molecule has 4 atom stereocenters. The summed E-state index contributed by atoms with van der Waals surface area (Å²) in [6, 6.07) is 36.1. The molecule has 52 heavy (non-hydrogen) atoms. The molecule has 0 bridgehead atoms. The van der Waals surface area contributed by atoms with E-state index in [4.69, 9.17) is 18.9 Å². The van der Waals surface area contributed by atoms with Gasteiger partial charge in [-0.15, -0.1) is 0 Å². The maximum Gasteiger partial charge on any atom is 0.338 e. The third-order valence-corrected chi connectivity index (χ3v) is 12.5. The monoisotopic (exact) mass is 714 g/mol. The second-order valence-corrected chi connectivity index (χ2v) is 15.2. The Labute approximate surface area is 301 Å². The smallest absolute Gasteiger partial charge is 0.338 e. The number of esters is 1. The summed E-state index contributed by atoms with van der Waals surface area (Å²) in [5.74, 6) is -0.811. The molecule has 10 nitrogen and oxygen atoms in total. The van der Waals surface area contributed by atoms with Crippen molar-refractivity contribution in [2.24, 2.45) is 0 Å². The van der Waals surface area contributed by atoms with Crippen molar-refractivity contribution in [1.29, 1.82) is 0 Å². The Hall–Kier alpha value is -5.33. The van der Waals surface area contributed by atoms with Gasteiger partial charge >= 0.3 is 5.97 Å². The summed E-state index contributed by atoms with van der Waals surface area (Å²) in [4.78, 5) is 30.6. The van der Waals surface area contributed by atoms with Crippen LogP contribution in [0.15, 0.2) is 126 Å². The Morgan fingerprint density at radius 1 is 0.846 bits per heavy atom. The van der Waals surface area contributed by atoms with Gasteiger partial charge in [0.15, 0.2) is 18.2 Å².